The second-order valence-electron chi connectivity index (χ2n) is 4.67. The number of aromatic nitrogens is 2. The molecule has 2 rings (SSSR count). The van der Waals surface area contributed by atoms with Crippen molar-refractivity contribution in [1.82, 2.24) is 19.8 Å². The SMILES string of the molecule is C[C@H](Cn1ccnc1)NC(=O)N(C)Cc1ccc(Br)o1. The third-order valence-corrected chi connectivity index (χ3v) is 3.21. The molecule has 2 heterocycles. The lowest BCUT2D eigenvalue weighted by molar-refractivity contribution is 0.198. The molecule has 108 valence electrons. The molecule has 0 radical (unpaired) electrons. The minimum Gasteiger partial charge on any atom is -0.452 e. The van der Waals surface area contributed by atoms with E-state index in [0.717, 1.165) is 5.76 Å². The first-order chi connectivity index (χ1) is 9.54. The number of nitrogens with zero attached hydrogens (tertiary/aromatic N) is 3. The molecule has 0 saturated heterocycles. The second kappa shape index (κ2) is 6.60. The van der Waals surface area contributed by atoms with Crippen LogP contribution in [0, 0.1) is 0 Å². The van der Waals surface area contributed by atoms with Crippen LogP contribution < -0.4 is 5.32 Å². The number of carbonyl (C=O) groups excluding carboxylic acids is 1. The van der Waals surface area contributed by atoms with Crippen LogP contribution in [0.4, 0.5) is 4.79 Å². The van der Waals surface area contributed by atoms with Gasteiger partial charge in [0.05, 0.1) is 12.9 Å². The van der Waals surface area contributed by atoms with E-state index in [4.69, 9.17) is 4.42 Å². The van der Waals surface area contributed by atoms with E-state index in [2.05, 4.69) is 26.2 Å². The molecule has 0 aromatic carbocycles. The third kappa shape index (κ3) is 4.12. The molecule has 1 N–H and O–H groups in total. The fraction of sp³-hybridized carbons (Fsp3) is 0.385. The number of hydrogen-bond acceptors (Lipinski definition) is 3. The number of nitrogens with one attached hydrogen (secondary N) is 1. The highest BCUT2D eigenvalue weighted by atomic mass is 79.9. The predicted octanol–water partition coefficient (Wildman–Crippen LogP) is 2.47. The maximum absolute atomic E-state index is 12.0. The second-order valence-corrected chi connectivity index (χ2v) is 5.45. The highest BCUT2D eigenvalue weighted by Crippen LogP contribution is 2.15. The maximum Gasteiger partial charge on any atom is 0.317 e. The fourth-order valence-corrected chi connectivity index (χ4v) is 2.16. The first-order valence-corrected chi connectivity index (χ1v) is 7.05. The summed E-state index contributed by atoms with van der Waals surface area (Å²) < 4.78 is 7.96. The molecular weight excluding hydrogens is 324 g/mol. The summed E-state index contributed by atoms with van der Waals surface area (Å²) in [6.07, 6.45) is 5.31. The van der Waals surface area contributed by atoms with Gasteiger partial charge < -0.3 is 19.2 Å². The molecule has 2 amide bonds. The van der Waals surface area contributed by atoms with E-state index in [9.17, 15) is 4.79 Å². The van der Waals surface area contributed by atoms with Crippen molar-refractivity contribution in [1.29, 1.82) is 0 Å². The number of rotatable bonds is 5. The zero-order valence-electron chi connectivity index (χ0n) is 11.4. The Hall–Kier alpha value is -1.76. The Kier molecular flexibility index (Phi) is 4.84. The van der Waals surface area contributed by atoms with Gasteiger partial charge in [-0.1, -0.05) is 0 Å². The Labute approximate surface area is 125 Å². The smallest absolute Gasteiger partial charge is 0.317 e. The third-order valence-electron chi connectivity index (χ3n) is 2.78. The largest absolute Gasteiger partial charge is 0.452 e. The molecule has 0 aliphatic heterocycles. The molecule has 0 aliphatic rings. The monoisotopic (exact) mass is 340 g/mol. The van der Waals surface area contributed by atoms with Gasteiger partial charge in [0.25, 0.3) is 0 Å². The van der Waals surface area contributed by atoms with Crippen LogP contribution in [-0.2, 0) is 13.1 Å². The summed E-state index contributed by atoms with van der Waals surface area (Å²) in [6.45, 7) is 3.07. The van der Waals surface area contributed by atoms with Gasteiger partial charge in [-0.25, -0.2) is 9.78 Å². The van der Waals surface area contributed by atoms with Crippen molar-refractivity contribution < 1.29 is 9.21 Å². The molecule has 0 saturated carbocycles. The minimum absolute atomic E-state index is 0.0162. The Balaban J connectivity index is 1.81. The van der Waals surface area contributed by atoms with E-state index in [1.165, 1.54) is 0 Å². The van der Waals surface area contributed by atoms with Gasteiger partial charge in [0.2, 0.25) is 0 Å². The minimum atomic E-state index is -0.134. The van der Waals surface area contributed by atoms with Gasteiger partial charge in [0.1, 0.15) is 5.76 Å². The molecule has 2 aromatic heterocycles. The highest BCUT2D eigenvalue weighted by molar-refractivity contribution is 9.10. The summed E-state index contributed by atoms with van der Waals surface area (Å²) in [7, 11) is 1.73. The van der Waals surface area contributed by atoms with Crippen molar-refractivity contribution in [2.75, 3.05) is 7.05 Å². The number of furan rings is 1. The summed E-state index contributed by atoms with van der Waals surface area (Å²) in [5, 5.41) is 2.93. The van der Waals surface area contributed by atoms with Gasteiger partial charge in [-0.2, -0.15) is 0 Å². The zero-order valence-corrected chi connectivity index (χ0v) is 13.0. The van der Waals surface area contributed by atoms with Gasteiger partial charge in [0, 0.05) is 32.0 Å². The molecule has 0 unspecified atom stereocenters. The van der Waals surface area contributed by atoms with Crippen LogP contribution in [0.1, 0.15) is 12.7 Å². The Morgan fingerprint density at radius 1 is 1.60 bits per heavy atom. The standard InChI is InChI=1S/C13H17BrN4O2/c1-10(7-18-6-5-15-9-18)16-13(19)17(2)8-11-3-4-12(14)20-11/h3-6,9-10H,7-8H2,1-2H3,(H,16,19)/t10-/m1/s1. The average molecular weight is 341 g/mol. The summed E-state index contributed by atoms with van der Waals surface area (Å²) in [4.78, 5) is 17.6. The van der Waals surface area contributed by atoms with Crippen molar-refractivity contribution in [3.8, 4) is 0 Å². The fourth-order valence-electron chi connectivity index (χ4n) is 1.82. The van der Waals surface area contributed by atoms with Crippen molar-refractivity contribution in [3.63, 3.8) is 0 Å². The highest BCUT2D eigenvalue weighted by Gasteiger charge is 2.14. The first kappa shape index (κ1) is 14.6. The number of halogens is 1. The van der Waals surface area contributed by atoms with Crippen LogP contribution in [0.5, 0.6) is 0 Å². The number of urea groups is 1. The Morgan fingerprint density at radius 3 is 3.00 bits per heavy atom. The lowest BCUT2D eigenvalue weighted by Crippen LogP contribution is -2.43. The quantitative estimate of drug-likeness (QED) is 0.909. The van der Waals surface area contributed by atoms with E-state index in [1.54, 1.807) is 24.5 Å². The van der Waals surface area contributed by atoms with E-state index < -0.39 is 0 Å². The molecule has 0 fully saturated rings. The zero-order chi connectivity index (χ0) is 14.5. The summed E-state index contributed by atoms with van der Waals surface area (Å²) in [6, 6.07) is 3.53. The normalized spacial score (nSPS) is 12.2. The summed E-state index contributed by atoms with van der Waals surface area (Å²) in [5.41, 5.74) is 0. The summed E-state index contributed by atoms with van der Waals surface area (Å²) >= 11 is 3.24. The van der Waals surface area contributed by atoms with Crippen molar-refractivity contribution >= 4 is 22.0 Å². The van der Waals surface area contributed by atoms with E-state index in [1.807, 2.05) is 29.8 Å². The van der Waals surface area contributed by atoms with Crippen LogP contribution in [-0.4, -0.2) is 33.6 Å². The molecule has 20 heavy (non-hydrogen) atoms. The first-order valence-electron chi connectivity index (χ1n) is 6.26. The lowest BCUT2D eigenvalue weighted by atomic mass is 10.3. The number of carbonyl (C=O) groups is 1. The van der Waals surface area contributed by atoms with Crippen molar-refractivity contribution in [2.24, 2.45) is 0 Å². The van der Waals surface area contributed by atoms with Crippen LogP contribution in [0.2, 0.25) is 0 Å². The molecule has 0 aliphatic carbocycles. The lowest BCUT2D eigenvalue weighted by Gasteiger charge is -2.20. The molecular formula is C13H17BrN4O2. The van der Waals surface area contributed by atoms with Crippen molar-refractivity contribution in [3.05, 3.63) is 41.3 Å². The Morgan fingerprint density at radius 2 is 2.40 bits per heavy atom. The van der Waals surface area contributed by atoms with Crippen LogP contribution in [0.15, 0.2) is 39.9 Å². The molecule has 6 nitrogen and oxygen atoms in total. The number of amides is 2. The predicted molar refractivity (Wildman–Crippen MR) is 78.1 cm³/mol. The van der Waals surface area contributed by atoms with Gasteiger partial charge in [-0.3, -0.25) is 0 Å². The van der Waals surface area contributed by atoms with Gasteiger partial charge >= 0.3 is 6.03 Å². The van der Waals surface area contributed by atoms with Crippen LogP contribution in [0.25, 0.3) is 0 Å². The van der Waals surface area contributed by atoms with E-state index >= 15 is 0 Å². The molecule has 7 heteroatoms. The number of hydrogen-bond donors (Lipinski definition) is 1. The van der Waals surface area contributed by atoms with E-state index in [0.29, 0.717) is 17.8 Å². The molecule has 0 bridgehead atoms. The molecule has 0 spiro atoms. The van der Waals surface area contributed by atoms with Crippen molar-refractivity contribution in [2.45, 2.75) is 26.1 Å². The topological polar surface area (TPSA) is 63.3 Å². The van der Waals surface area contributed by atoms with E-state index in [-0.39, 0.29) is 12.1 Å². The van der Waals surface area contributed by atoms with Crippen LogP contribution in [0.3, 0.4) is 0 Å². The van der Waals surface area contributed by atoms with Gasteiger partial charge in [0.15, 0.2) is 4.67 Å². The summed E-state index contributed by atoms with van der Waals surface area (Å²) in [5.74, 6) is 0.733. The molecule has 2 aromatic rings. The van der Waals surface area contributed by atoms with Crippen LogP contribution >= 0.6 is 15.9 Å². The number of imidazole rings is 1. The molecule has 1 atom stereocenters. The average Bonchev–Trinajstić information content (AvgIpc) is 3.01. The van der Waals surface area contributed by atoms with Gasteiger partial charge in [-0.15, -0.1) is 0 Å². The van der Waals surface area contributed by atoms with Gasteiger partial charge in [-0.05, 0) is 35.0 Å². The Bertz CT molecular complexity index is 552. The maximum atomic E-state index is 12.0.